The minimum atomic E-state index is -4.04. The van der Waals surface area contributed by atoms with Crippen molar-refractivity contribution >= 4 is 33.3 Å². The molecule has 4 rings (SSSR count). The molecular formula is C30H35N3O6S. The number of benzene rings is 3. The van der Waals surface area contributed by atoms with E-state index in [4.69, 9.17) is 9.47 Å². The fraction of sp³-hybridized carbons (Fsp3) is 0.333. The Morgan fingerprint density at radius 1 is 1.02 bits per heavy atom. The molecule has 10 heteroatoms. The van der Waals surface area contributed by atoms with Crippen LogP contribution in [0.5, 0.6) is 5.75 Å². The Balaban J connectivity index is 1.60. The third-order valence-electron chi connectivity index (χ3n) is 6.66. The van der Waals surface area contributed by atoms with Crippen LogP contribution in [-0.4, -0.2) is 46.6 Å². The van der Waals surface area contributed by atoms with E-state index in [0.29, 0.717) is 49.7 Å². The van der Waals surface area contributed by atoms with Gasteiger partial charge in [-0.15, -0.1) is 0 Å². The molecule has 212 valence electrons. The van der Waals surface area contributed by atoms with Crippen molar-refractivity contribution in [1.29, 1.82) is 0 Å². The second-order valence-corrected chi connectivity index (χ2v) is 11.3. The van der Waals surface area contributed by atoms with Crippen LogP contribution in [0.25, 0.3) is 0 Å². The maximum atomic E-state index is 13.8. The van der Waals surface area contributed by atoms with Crippen LogP contribution < -0.4 is 19.7 Å². The van der Waals surface area contributed by atoms with E-state index in [1.54, 1.807) is 50.2 Å². The number of carbonyl (C=O) groups is 2. The number of carbonyl (C=O) groups excluding carboxylic acids is 2. The number of sulfonamides is 1. The van der Waals surface area contributed by atoms with Gasteiger partial charge in [-0.25, -0.2) is 13.1 Å². The molecule has 0 aliphatic carbocycles. The van der Waals surface area contributed by atoms with Crippen LogP contribution in [0.1, 0.15) is 38.3 Å². The second-order valence-electron chi connectivity index (χ2n) is 9.62. The van der Waals surface area contributed by atoms with Gasteiger partial charge >= 0.3 is 5.97 Å². The normalized spacial score (nSPS) is 16.1. The number of amides is 1. The van der Waals surface area contributed by atoms with Crippen molar-refractivity contribution < 1.29 is 27.5 Å². The van der Waals surface area contributed by atoms with Gasteiger partial charge in [0.05, 0.1) is 18.2 Å². The van der Waals surface area contributed by atoms with Crippen LogP contribution in [0.3, 0.4) is 0 Å². The average molecular weight is 566 g/mol. The monoisotopic (exact) mass is 565 g/mol. The van der Waals surface area contributed by atoms with Gasteiger partial charge in [0.1, 0.15) is 10.6 Å². The van der Waals surface area contributed by atoms with E-state index in [9.17, 15) is 18.0 Å². The molecule has 0 aromatic heterocycles. The van der Waals surface area contributed by atoms with E-state index in [1.807, 2.05) is 41.3 Å². The second kappa shape index (κ2) is 13.5. The largest absolute Gasteiger partial charge is 0.484 e. The van der Waals surface area contributed by atoms with Crippen LogP contribution in [-0.2, 0) is 24.3 Å². The zero-order valence-corrected chi connectivity index (χ0v) is 23.5. The van der Waals surface area contributed by atoms with E-state index in [0.717, 1.165) is 5.56 Å². The molecule has 2 N–H and O–H groups in total. The third-order valence-corrected chi connectivity index (χ3v) is 8.23. The Morgan fingerprint density at radius 2 is 1.73 bits per heavy atom. The first-order valence-corrected chi connectivity index (χ1v) is 14.9. The van der Waals surface area contributed by atoms with Gasteiger partial charge in [-0.3, -0.25) is 9.59 Å². The van der Waals surface area contributed by atoms with E-state index < -0.39 is 22.0 Å². The summed E-state index contributed by atoms with van der Waals surface area (Å²) in [6.07, 6.45) is 1.39. The number of hydrogen-bond acceptors (Lipinski definition) is 7. The van der Waals surface area contributed by atoms with Crippen molar-refractivity contribution in [1.82, 2.24) is 4.72 Å². The highest BCUT2D eigenvalue weighted by atomic mass is 32.2. The number of nitrogens with zero attached hydrogens (tertiary/aromatic N) is 1. The molecule has 1 aliphatic heterocycles. The number of hydrogen-bond donors (Lipinski definition) is 2. The number of rotatable bonds is 11. The highest BCUT2D eigenvalue weighted by Gasteiger charge is 2.31. The summed E-state index contributed by atoms with van der Waals surface area (Å²) in [5.74, 6) is -0.507. The van der Waals surface area contributed by atoms with E-state index in [2.05, 4.69) is 10.0 Å². The van der Waals surface area contributed by atoms with Crippen LogP contribution in [0.2, 0.25) is 0 Å². The zero-order valence-electron chi connectivity index (χ0n) is 22.7. The molecule has 1 aliphatic rings. The number of esters is 1. The molecule has 1 saturated heterocycles. The summed E-state index contributed by atoms with van der Waals surface area (Å²) >= 11 is 0. The minimum Gasteiger partial charge on any atom is -0.484 e. The molecule has 0 radical (unpaired) electrons. The first-order chi connectivity index (χ1) is 19.3. The third kappa shape index (κ3) is 7.61. The SMILES string of the molecule is CCOC(=O)C1CCCN(c2ccc(NC(=O)COc3ccccc3)cc2S(=O)(=O)NC(C)c2ccccc2)C1. The van der Waals surface area contributed by atoms with Crippen LogP contribution >= 0.6 is 0 Å². The molecule has 0 saturated carbocycles. The predicted molar refractivity (Wildman–Crippen MR) is 154 cm³/mol. The molecule has 1 heterocycles. The highest BCUT2D eigenvalue weighted by molar-refractivity contribution is 7.89. The van der Waals surface area contributed by atoms with E-state index >= 15 is 0 Å². The number of piperidine rings is 1. The lowest BCUT2D eigenvalue weighted by Crippen LogP contribution is -2.40. The first kappa shape index (κ1) is 29.1. The maximum absolute atomic E-state index is 13.8. The first-order valence-electron chi connectivity index (χ1n) is 13.4. The smallest absolute Gasteiger partial charge is 0.310 e. The molecule has 1 amide bonds. The topological polar surface area (TPSA) is 114 Å². The lowest BCUT2D eigenvalue weighted by molar-refractivity contribution is -0.148. The van der Waals surface area contributed by atoms with Gasteiger partial charge in [0.15, 0.2) is 6.61 Å². The Labute approximate surface area is 235 Å². The summed E-state index contributed by atoms with van der Waals surface area (Å²) in [6, 6.07) is 22.5. The lowest BCUT2D eigenvalue weighted by Gasteiger charge is -2.34. The Kier molecular flexibility index (Phi) is 9.79. The van der Waals surface area contributed by atoms with Crippen molar-refractivity contribution in [3.8, 4) is 5.75 Å². The van der Waals surface area contributed by atoms with Gasteiger partial charge in [-0.2, -0.15) is 0 Å². The van der Waals surface area contributed by atoms with Crippen molar-refractivity contribution in [2.45, 2.75) is 37.6 Å². The fourth-order valence-electron chi connectivity index (χ4n) is 4.69. The standard InChI is InChI=1S/C30H35N3O6S/c1-3-38-30(35)24-13-10-18-33(20-24)27-17-16-25(31-29(34)21-39-26-14-8-5-9-15-26)19-28(27)40(36,37)32-22(2)23-11-6-4-7-12-23/h4-9,11-12,14-17,19,22,24,32H,3,10,13,18,20-21H2,1-2H3,(H,31,34). The van der Waals surface area contributed by atoms with Crippen molar-refractivity contribution in [3.05, 3.63) is 84.4 Å². The lowest BCUT2D eigenvalue weighted by atomic mass is 9.97. The van der Waals surface area contributed by atoms with Gasteiger partial charge in [0, 0.05) is 24.8 Å². The molecule has 3 aromatic rings. The van der Waals surface area contributed by atoms with Crippen LogP contribution in [0.15, 0.2) is 83.8 Å². The van der Waals surface area contributed by atoms with Gasteiger partial charge in [-0.1, -0.05) is 48.5 Å². The van der Waals surface area contributed by atoms with Crippen molar-refractivity contribution in [2.75, 3.05) is 36.5 Å². The number of nitrogens with one attached hydrogen (secondary N) is 2. The molecule has 0 bridgehead atoms. The Hall–Kier alpha value is -3.89. The van der Waals surface area contributed by atoms with Gasteiger partial charge in [0.25, 0.3) is 5.91 Å². The summed E-state index contributed by atoms with van der Waals surface area (Å²) in [6.45, 7) is 4.52. The minimum absolute atomic E-state index is 0.0153. The van der Waals surface area contributed by atoms with Crippen LogP contribution in [0, 0.1) is 5.92 Å². The molecule has 2 unspecified atom stereocenters. The molecule has 40 heavy (non-hydrogen) atoms. The molecule has 1 fully saturated rings. The number of ether oxygens (including phenoxy) is 2. The van der Waals surface area contributed by atoms with E-state index in [-0.39, 0.29) is 23.4 Å². The van der Waals surface area contributed by atoms with Gasteiger partial charge in [-0.05, 0) is 62.6 Å². The summed E-state index contributed by atoms with van der Waals surface area (Å²) < 4.78 is 41.1. The predicted octanol–water partition coefficient (Wildman–Crippen LogP) is 4.52. The average Bonchev–Trinajstić information content (AvgIpc) is 2.97. The summed E-state index contributed by atoms with van der Waals surface area (Å²) in [7, 11) is -4.04. The van der Waals surface area contributed by atoms with Crippen molar-refractivity contribution in [2.24, 2.45) is 5.92 Å². The Bertz CT molecular complexity index is 1400. The van der Waals surface area contributed by atoms with Gasteiger partial charge < -0.3 is 19.7 Å². The summed E-state index contributed by atoms with van der Waals surface area (Å²) in [5.41, 5.74) is 1.59. The maximum Gasteiger partial charge on any atom is 0.310 e. The highest BCUT2D eigenvalue weighted by Crippen LogP contribution is 2.33. The molecule has 2 atom stereocenters. The van der Waals surface area contributed by atoms with E-state index in [1.165, 1.54) is 6.07 Å². The van der Waals surface area contributed by atoms with Crippen molar-refractivity contribution in [3.63, 3.8) is 0 Å². The quantitative estimate of drug-likeness (QED) is 0.329. The molecular weight excluding hydrogens is 530 g/mol. The van der Waals surface area contributed by atoms with Crippen LogP contribution in [0.4, 0.5) is 11.4 Å². The number of para-hydroxylation sites is 1. The fourth-order valence-corrected chi connectivity index (χ4v) is 6.17. The molecule has 9 nitrogen and oxygen atoms in total. The summed E-state index contributed by atoms with van der Waals surface area (Å²) in [5, 5.41) is 2.73. The number of anilines is 2. The summed E-state index contributed by atoms with van der Waals surface area (Å²) in [4.78, 5) is 27.0. The Morgan fingerprint density at radius 3 is 2.42 bits per heavy atom. The molecule has 0 spiro atoms. The van der Waals surface area contributed by atoms with Gasteiger partial charge in [0.2, 0.25) is 10.0 Å². The molecule has 3 aromatic carbocycles. The zero-order chi connectivity index (χ0) is 28.5.